The number of cyclic esters (lactones) is 1. The quantitative estimate of drug-likeness (QED) is 0.545. The van der Waals surface area contributed by atoms with Gasteiger partial charge < -0.3 is 9.47 Å². The molecule has 5 rings (SSSR count). The summed E-state index contributed by atoms with van der Waals surface area (Å²) in [4.78, 5) is 32.4. The molecule has 0 radical (unpaired) electrons. The van der Waals surface area contributed by atoms with E-state index in [0.717, 1.165) is 45.0 Å². The van der Waals surface area contributed by atoms with E-state index in [4.69, 9.17) is 9.47 Å². The van der Waals surface area contributed by atoms with Gasteiger partial charge in [-0.3, -0.25) is 20.1 Å². The number of hydrogen-bond donors (Lipinski definition) is 1. The number of aromatic nitrogens is 2. The molecule has 2 amide bonds. The Morgan fingerprint density at radius 2 is 2.07 bits per heavy atom. The maximum absolute atomic E-state index is 12.0. The fraction of sp³-hybridized carbons (Fsp3) is 0.238. The first-order chi connectivity index (χ1) is 14.1. The van der Waals surface area contributed by atoms with Crippen molar-refractivity contribution in [3.05, 3.63) is 57.6 Å². The van der Waals surface area contributed by atoms with Crippen molar-refractivity contribution < 1.29 is 19.1 Å². The van der Waals surface area contributed by atoms with E-state index in [1.54, 1.807) is 12.4 Å². The highest BCUT2D eigenvalue weighted by atomic mass is 127. The summed E-state index contributed by atoms with van der Waals surface area (Å²) in [7, 11) is 0. The van der Waals surface area contributed by atoms with Crippen molar-refractivity contribution in [3.63, 3.8) is 0 Å². The second-order valence-electron chi connectivity index (χ2n) is 7.10. The highest BCUT2D eigenvalue weighted by molar-refractivity contribution is 14.1. The van der Waals surface area contributed by atoms with Gasteiger partial charge in [-0.05, 0) is 77.7 Å². The van der Waals surface area contributed by atoms with Gasteiger partial charge in [0.2, 0.25) is 0 Å². The van der Waals surface area contributed by atoms with Crippen LogP contribution in [0.15, 0.2) is 42.7 Å². The van der Waals surface area contributed by atoms with Gasteiger partial charge in [-0.1, -0.05) is 0 Å². The third kappa shape index (κ3) is 3.41. The minimum Gasteiger partial charge on any atom is -0.455 e. The largest absolute Gasteiger partial charge is 0.455 e. The number of hydrogen-bond acceptors (Lipinski definition) is 6. The number of aryl methyl sites for hydroxylation is 1. The molecule has 3 aromatic rings. The topological polar surface area (TPSA) is 90.4 Å². The molecular formula is C21H16IN3O4. The van der Waals surface area contributed by atoms with E-state index in [1.165, 1.54) is 0 Å². The first-order valence-corrected chi connectivity index (χ1v) is 10.4. The molecule has 8 heteroatoms. The van der Waals surface area contributed by atoms with E-state index in [0.29, 0.717) is 11.5 Å². The van der Waals surface area contributed by atoms with E-state index in [2.05, 4.69) is 37.9 Å². The van der Waals surface area contributed by atoms with Crippen molar-refractivity contribution in [2.24, 2.45) is 0 Å². The zero-order valence-electron chi connectivity index (χ0n) is 15.2. The molecule has 0 bridgehead atoms. The predicted molar refractivity (Wildman–Crippen MR) is 113 cm³/mol. The molecule has 7 nitrogen and oxygen atoms in total. The van der Waals surface area contributed by atoms with Crippen molar-refractivity contribution in [1.29, 1.82) is 0 Å². The number of benzene rings is 1. The Bertz CT molecular complexity index is 1150. The van der Waals surface area contributed by atoms with E-state index in [-0.39, 0.29) is 5.92 Å². The van der Waals surface area contributed by atoms with E-state index in [9.17, 15) is 9.59 Å². The molecule has 1 N–H and O–H groups in total. The van der Waals surface area contributed by atoms with Crippen LogP contribution < -0.4 is 10.1 Å². The molecule has 29 heavy (non-hydrogen) atoms. The lowest BCUT2D eigenvalue weighted by molar-refractivity contribution is -0.124. The Kier molecular flexibility index (Phi) is 4.57. The second-order valence-corrected chi connectivity index (χ2v) is 8.35. The van der Waals surface area contributed by atoms with Crippen molar-refractivity contribution >= 4 is 45.5 Å². The van der Waals surface area contributed by atoms with Gasteiger partial charge in [0.1, 0.15) is 11.5 Å². The van der Waals surface area contributed by atoms with Gasteiger partial charge in [-0.25, -0.2) is 4.79 Å². The van der Waals surface area contributed by atoms with Crippen molar-refractivity contribution in [1.82, 2.24) is 15.3 Å². The molecule has 1 fully saturated rings. The molecular weight excluding hydrogens is 485 g/mol. The summed E-state index contributed by atoms with van der Waals surface area (Å²) in [5.74, 6) is 0.712. The molecule has 1 aliphatic heterocycles. The summed E-state index contributed by atoms with van der Waals surface area (Å²) in [5.41, 5.74) is 2.68. The lowest BCUT2D eigenvalue weighted by Gasteiger charge is -2.26. The number of nitrogens with zero attached hydrogens (tertiary/aromatic N) is 2. The van der Waals surface area contributed by atoms with Crippen LogP contribution in [0.2, 0.25) is 0 Å². The number of carbonyl (C=O) groups excluding carboxylic acids is 2. The molecule has 1 aromatic carbocycles. The lowest BCUT2D eigenvalue weighted by atomic mass is 9.83. The molecule has 2 aromatic heterocycles. The second kappa shape index (κ2) is 7.25. The number of imide groups is 1. The summed E-state index contributed by atoms with van der Waals surface area (Å²) in [6.07, 6.45) is 4.36. The number of amides is 2. The average Bonchev–Trinajstić information content (AvgIpc) is 3.05. The van der Waals surface area contributed by atoms with Crippen molar-refractivity contribution in [2.75, 3.05) is 0 Å². The Morgan fingerprint density at radius 1 is 1.17 bits per heavy atom. The number of halogens is 1. The Labute approximate surface area is 180 Å². The Hall–Kier alpha value is -2.75. The highest BCUT2D eigenvalue weighted by Gasteiger charge is 2.41. The fourth-order valence-electron chi connectivity index (χ4n) is 3.98. The first kappa shape index (κ1) is 18.3. The fourth-order valence-corrected chi connectivity index (χ4v) is 4.45. The van der Waals surface area contributed by atoms with Crippen LogP contribution in [-0.2, 0) is 16.0 Å². The van der Waals surface area contributed by atoms with Crippen molar-refractivity contribution in [3.8, 4) is 11.5 Å². The minimum absolute atomic E-state index is 0.233. The van der Waals surface area contributed by atoms with Gasteiger partial charge in [0.05, 0.1) is 17.4 Å². The van der Waals surface area contributed by atoms with E-state index >= 15 is 0 Å². The van der Waals surface area contributed by atoms with E-state index in [1.807, 2.05) is 30.3 Å². The summed E-state index contributed by atoms with van der Waals surface area (Å²) in [6, 6.07) is 9.81. The van der Waals surface area contributed by atoms with Crippen LogP contribution >= 0.6 is 22.6 Å². The molecule has 1 saturated heterocycles. The van der Waals surface area contributed by atoms with Crippen LogP contribution in [0.3, 0.4) is 0 Å². The highest BCUT2D eigenvalue weighted by Crippen LogP contribution is 2.37. The number of carbonyl (C=O) groups is 2. The Balaban J connectivity index is 1.46. The molecule has 1 unspecified atom stereocenters. The molecule has 146 valence electrons. The number of fused-ring (bicyclic) bond motifs is 2. The third-order valence-corrected chi connectivity index (χ3v) is 5.94. The maximum Gasteiger partial charge on any atom is 0.414 e. The molecule has 2 atom stereocenters. The number of alkyl carbamates (subject to hydrolysis) is 1. The van der Waals surface area contributed by atoms with Crippen LogP contribution in [0.5, 0.6) is 11.5 Å². The summed E-state index contributed by atoms with van der Waals surface area (Å²) in [6.45, 7) is 0. The Morgan fingerprint density at radius 3 is 2.90 bits per heavy atom. The van der Waals surface area contributed by atoms with Gasteiger partial charge in [0, 0.05) is 21.1 Å². The molecule has 3 heterocycles. The SMILES string of the molecule is O=C1NC(=O)C([C@@H]2CCCc3cc(Oc4ccnc5cc(I)ccc45)cnc32)O1. The average molecular weight is 501 g/mol. The lowest BCUT2D eigenvalue weighted by Crippen LogP contribution is -2.32. The van der Waals surface area contributed by atoms with Crippen LogP contribution in [-0.4, -0.2) is 28.1 Å². The molecule has 2 aliphatic rings. The number of pyridine rings is 2. The van der Waals surface area contributed by atoms with E-state index < -0.39 is 18.1 Å². The summed E-state index contributed by atoms with van der Waals surface area (Å²) >= 11 is 2.26. The zero-order valence-corrected chi connectivity index (χ0v) is 17.4. The molecule has 0 spiro atoms. The molecule has 0 saturated carbocycles. The summed E-state index contributed by atoms with van der Waals surface area (Å²) in [5, 5.41) is 3.13. The predicted octanol–water partition coefficient (Wildman–Crippen LogP) is 4.08. The van der Waals surface area contributed by atoms with Crippen LogP contribution in [0.1, 0.15) is 30.0 Å². The van der Waals surface area contributed by atoms with Gasteiger partial charge >= 0.3 is 6.09 Å². The maximum atomic E-state index is 12.0. The van der Waals surface area contributed by atoms with Crippen molar-refractivity contribution in [2.45, 2.75) is 31.3 Å². The van der Waals surface area contributed by atoms with Gasteiger partial charge in [0.25, 0.3) is 5.91 Å². The number of ether oxygens (including phenoxy) is 2. The monoisotopic (exact) mass is 501 g/mol. The van der Waals surface area contributed by atoms with Gasteiger partial charge in [0.15, 0.2) is 6.10 Å². The van der Waals surface area contributed by atoms with Crippen LogP contribution in [0, 0.1) is 3.57 Å². The normalized spacial score (nSPS) is 20.9. The van der Waals surface area contributed by atoms with Gasteiger partial charge in [-0.2, -0.15) is 0 Å². The first-order valence-electron chi connectivity index (χ1n) is 9.31. The standard InChI is InChI=1S/C21H16IN3O4/c22-12-4-5-14-16(9-12)23-7-6-17(14)28-13-8-11-2-1-3-15(18(11)24-10-13)19-20(26)25-21(27)29-19/h4-10,15,19H,1-3H2,(H,25,26,27)/t15-,19?/m1/s1. The number of rotatable bonds is 3. The van der Waals surface area contributed by atoms with Gasteiger partial charge in [-0.15, -0.1) is 0 Å². The van der Waals surface area contributed by atoms with Crippen LogP contribution in [0.25, 0.3) is 10.9 Å². The summed E-state index contributed by atoms with van der Waals surface area (Å²) < 4.78 is 12.4. The zero-order chi connectivity index (χ0) is 20.0. The third-order valence-electron chi connectivity index (χ3n) is 5.26. The molecule has 1 aliphatic carbocycles. The van der Waals surface area contributed by atoms with Crippen LogP contribution in [0.4, 0.5) is 4.79 Å². The minimum atomic E-state index is -0.813. The number of nitrogens with one attached hydrogen (secondary N) is 1. The smallest absolute Gasteiger partial charge is 0.414 e.